The van der Waals surface area contributed by atoms with Crippen molar-refractivity contribution in [3.05, 3.63) is 52.2 Å². The molecule has 0 aliphatic rings. The fourth-order valence-electron chi connectivity index (χ4n) is 1.26. The van der Waals surface area contributed by atoms with Crippen LogP contribution in [0, 0.1) is 10.1 Å². The standard InChI is InChI=1S/C11H15ClN4O2/c1-3-15(2)10(8-16(17)18)14-11(12)9-5-4-6-13-7-9/h4-8,11,14H,3H2,1-2H3. The van der Waals surface area contributed by atoms with Crippen molar-refractivity contribution in [3.8, 4) is 0 Å². The summed E-state index contributed by atoms with van der Waals surface area (Å²) < 4.78 is 0. The molecule has 1 N–H and O–H groups in total. The highest BCUT2D eigenvalue weighted by atomic mass is 35.5. The third-order valence-corrected chi connectivity index (χ3v) is 2.73. The van der Waals surface area contributed by atoms with E-state index in [0.29, 0.717) is 12.4 Å². The topological polar surface area (TPSA) is 71.3 Å². The van der Waals surface area contributed by atoms with Crippen LogP contribution in [0.25, 0.3) is 0 Å². The Morgan fingerprint density at radius 1 is 1.78 bits per heavy atom. The molecule has 1 aromatic rings. The monoisotopic (exact) mass is 270 g/mol. The summed E-state index contributed by atoms with van der Waals surface area (Å²) in [4.78, 5) is 15.7. The van der Waals surface area contributed by atoms with Crippen LogP contribution in [-0.2, 0) is 0 Å². The van der Waals surface area contributed by atoms with E-state index in [0.717, 1.165) is 11.8 Å². The molecule has 7 heteroatoms. The number of aromatic nitrogens is 1. The Morgan fingerprint density at radius 3 is 3.00 bits per heavy atom. The molecule has 0 aromatic carbocycles. The lowest BCUT2D eigenvalue weighted by atomic mass is 10.3. The molecule has 1 rings (SSSR count). The van der Waals surface area contributed by atoms with Crippen LogP contribution in [0.15, 0.2) is 36.5 Å². The van der Waals surface area contributed by atoms with Gasteiger partial charge in [-0.1, -0.05) is 17.7 Å². The number of nitrogens with one attached hydrogen (secondary N) is 1. The van der Waals surface area contributed by atoms with Gasteiger partial charge in [0.2, 0.25) is 0 Å². The molecule has 0 fully saturated rings. The molecule has 0 saturated heterocycles. The van der Waals surface area contributed by atoms with Crippen LogP contribution in [0.1, 0.15) is 18.0 Å². The van der Waals surface area contributed by atoms with E-state index in [1.54, 1.807) is 36.5 Å². The highest BCUT2D eigenvalue weighted by Gasteiger charge is 2.14. The minimum absolute atomic E-state index is 0.353. The molecule has 0 bridgehead atoms. The van der Waals surface area contributed by atoms with Gasteiger partial charge in [0, 0.05) is 31.5 Å². The number of rotatable bonds is 6. The van der Waals surface area contributed by atoms with Gasteiger partial charge in [-0.05, 0) is 13.0 Å². The van der Waals surface area contributed by atoms with E-state index in [1.807, 2.05) is 6.92 Å². The molecule has 1 atom stereocenters. The average Bonchev–Trinajstić information content (AvgIpc) is 2.37. The first-order valence-corrected chi connectivity index (χ1v) is 5.85. The molecule has 1 unspecified atom stereocenters. The number of alkyl halides is 1. The molecule has 0 spiro atoms. The van der Waals surface area contributed by atoms with Crippen molar-refractivity contribution in [2.45, 2.75) is 12.4 Å². The molecular weight excluding hydrogens is 256 g/mol. The molecule has 1 aromatic heterocycles. The predicted octanol–water partition coefficient (Wildman–Crippen LogP) is 1.94. The SMILES string of the molecule is CCN(C)C(=C[N+](=O)[O-])NC(Cl)c1cccnc1. The number of hydrogen-bond acceptors (Lipinski definition) is 5. The number of pyridine rings is 1. The second-order valence-electron chi connectivity index (χ2n) is 3.61. The fraction of sp³-hybridized carbons (Fsp3) is 0.364. The van der Waals surface area contributed by atoms with Crippen molar-refractivity contribution >= 4 is 11.6 Å². The molecular formula is C11H15ClN4O2. The molecule has 0 aliphatic carbocycles. The molecule has 18 heavy (non-hydrogen) atoms. The van der Waals surface area contributed by atoms with E-state index in [9.17, 15) is 10.1 Å². The van der Waals surface area contributed by atoms with Crippen molar-refractivity contribution < 1.29 is 4.92 Å². The van der Waals surface area contributed by atoms with E-state index in [1.165, 1.54) is 0 Å². The Morgan fingerprint density at radius 2 is 2.50 bits per heavy atom. The Kier molecular flexibility index (Phi) is 5.38. The molecule has 1 heterocycles. The number of nitro groups is 1. The second kappa shape index (κ2) is 6.80. The third kappa shape index (κ3) is 4.21. The lowest BCUT2D eigenvalue weighted by molar-refractivity contribution is -0.404. The second-order valence-corrected chi connectivity index (χ2v) is 4.04. The maximum Gasteiger partial charge on any atom is 0.274 e. The summed E-state index contributed by atoms with van der Waals surface area (Å²) >= 11 is 6.14. The minimum Gasteiger partial charge on any atom is -0.357 e. The van der Waals surface area contributed by atoms with Gasteiger partial charge in [0.05, 0.1) is 4.92 Å². The summed E-state index contributed by atoms with van der Waals surface area (Å²) in [7, 11) is 1.75. The van der Waals surface area contributed by atoms with Crippen LogP contribution in [0.4, 0.5) is 0 Å². The van der Waals surface area contributed by atoms with E-state index in [2.05, 4.69) is 10.3 Å². The molecule has 0 amide bonds. The quantitative estimate of drug-likeness (QED) is 0.370. The van der Waals surface area contributed by atoms with Gasteiger partial charge in [0.25, 0.3) is 6.20 Å². The Bertz CT molecular complexity index is 424. The van der Waals surface area contributed by atoms with Gasteiger partial charge >= 0.3 is 0 Å². The summed E-state index contributed by atoms with van der Waals surface area (Å²) in [5.74, 6) is 0.353. The Balaban J connectivity index is 2.81. The molecule has 0 aliphatic heterocycles. The first-order valence-electron chi connectivity index (χ1n) is 5.41. The van der Waals surface area contributed by atoms with Crippen LogP contribution in [0.5, 0.6) is 0 Å². The van der Waals surface area contributed by atoms with Gasteiger partial charge in [-0.15, -0.1) is 0 Å². The van der Waals surface area contributed by atoms with Crippen molar-refractivity contribution in [1.82, 2.24) is 15.2 Å². The van der Waals surface area contributed by atoms with Crippen molar-refractivity contribution in [2.75, 3.05) is 13.6 Å². The maximum atomic E-state index is 10.6. The van der Waals surface area contributed by atoms with E-state index >= 15 is 0 Å². The van der Waals surface area contributed by atoms with Gasteiger partial charge in [-0.2, -0.15) is 0 Å². The van der Waals surface area contributed by atoms with Gasteiger partial charge in [-0.3, -0.25) is 15.1 Å². The highest BCUT2D eigenvalue weighted by molar-refractivity contribution is 6.20. The van der Waals surface area contributed by atoms with Gasteiger partial charge in [0.15, 0.2) is 5.82 Å². The highest BCUT2D eigenvalue weighted by Crippen LogP contribution is 2.18. The number of nitrogens with zero attached hydrogens (tertiary/aromatic N) is 3. The van der Waals surface area contributed by atoms with Crippen molar-refractivity contribution in [2.24, 2.45) is 0 Å². The minimum atomic E-state index is -0.570. The largest absolute Gasteiger partial charge is 0.357 e. The Hall–Kier alpha value is -1.82. The summed E-state index contributed by atoms with van der Waals surface area (Å²) in [6, 6.07) is 3.56. The van der Waals surface area contributed by atoms with Crippen LogP contribution in [-0.4, -0.2) is 28.4 Å². The van der Waals surface area contributed by atoms with E-state index in [4.69, 9.17) is 11.6 Å². The Labute approximate surface area is 110 Å². The lowest BCUT2D eigenvalue weighted by Crippen LogP contribution is -2.30. The summed E-state index contributed by atoms with van der Waals surface area (Å²) in [5.41, 5.74) is 0.178. The van der Waals surface area contributed by atoms with E-state index < -0.39 is 10.4 Å². The molecule has 6 nitrogen and oxygen atoms in total. The van der Waals surface area contributed by atoms with Crippen LogP contribution >= 0.6 is 11.6 Å². The van der Waals surface area contributed by atoms with Crippen LogP contribution in [0.3, 0.4) is 0 Å². The normalized spacial score (nSPS) is 12.9. The predicted molar refractivity (Wildman–Crippen MR) is 69.3 cm³/mol. The van der Waals surface area contributed by atoms with Crippen molar-refractivity contribution in [1.29, 1.82) is 0 Å². The van der Waals surface area contributed by atoms with Crippen LogP contribution in [0.2, 0.25) is 0 Å². The zero-order valence-electron chi connectivity index (χ0n) is 10.2. The molecule has 98 valence electrons. The smallest absolute Gasteiger partial charge is 0.274 e. The fourth-order valence-corrected chi connectivity index (χ4v) is 1.50. The number of hydrogen-bond donors (Lipinski definition) is 1. The van der Waals surface area contributed by atoms with Gasteiger partial charge in [0.1, 0.15) is 5.50 Å². The molecule has 0 saturated carbocycles. The number of halogens is 1. The molecule has 0 radical (unpaired) electrons. The first-order chi connectivity index (χ1) is 8.54. The van der Waals surface area contributed by atoms with E-state index in [-0.39, 0.29) is 0 Å². The van der Waals surface area contributed by atoms with Gasteiger partial charge < -0.3 is 10.2 Å². The maximum absolute atomic E-state index is 10.6. The summed E-state index contributed by atoms with van der Waals surface area (Å²) in [5, 5.41) is 13.4. The third-order valence-electron chi connectivity index (χ3n) is 2.36. The average molecular weight is 271 g/mol. The van der Waals surface area contributed by atoms with Crippen LogP contribution < -0.4 is 5.32 Å². The summed E-state index contributed by atoms with van der Waals surface area (Å²) in [6.07, 6.45) is 4.15. The lowest BCUT2D eigenvalue weighted by Gasteiger charge is -2.22. The first kappa shape index (κ1) is 14.2. The summed E-state index contributed by atoms with van der Waals surface area (Å²) in [6.45, 7) is 2.52. The van der Waals surface area contributed by atoms with Crippen molar-refractivity contribution in [3.63, 3.8) is 0 Å². The zero-order valence-corrected chi connectivity index (χ0v) is 11.0. The zero-order chi connectivity index (χ0) is 13.5. The van der Waals surface area contributed by atoms with Gasteiger partial charge in [-0.25, -0.2) is 0 Å².